The van der Waals surface area contributed by atoms with Crippen molar-refractivity contribution < 1.29 is 9.90 Å². The van der Waals surface area contributed by atoms with Gasteiger partial charge >= 0.3 is 0 Å². The predicted molar refractivity (Wildman–Crippen MR) is 78.7 cm³/mol. The molecule has 20 heavy (non-hydrogen) atoms. The van der Waals surface area contributed by atoms with Crippen LogP contribution in [0.25, 0.3) is 0 Å². The first kappa shape index (κ1) is 14.5. The summed E-state index contributed by atoms with van der Waals surface area (Å²) in [4.78, 5) is 16.0. The molecule has 2 aromatic rings. The van der Waals surface area contributed by atoms with Gasteiger partial charge in [-0.2, -0.15) is 0 Å². The summed E-state index contributed by atoms with van der Waals surface area (Å²) in [6.45, 7) is 0.151. The van der Waals surface area contributed by atoms with E-state index in [0.29, 0.717) is 22.7 Å². The number of hydrogen-bond acceptors (Lipinski definition) is 4. The zero-order valence-corrected chi connectivity index (χ0v) is 12.0. The monoisotopic (exact) mass is 306 g/mol. The molecular formula is C14H11ClN2O2S. The van der Waals surface area contributed by atoms with Gasteiger partial charge in [0.1, 0.15) is 6.61 Å². The minimum atomic E-state index is -0.230. The number of nitrogens with zero attached hydrogens (tertiary/aromatic N) is 1. The fraction of sp³-hybridized carbons (Fsp3) is 0.143. The fourth-order valence-corrected chi connectivity index (χ4v) is 2.28. The smallest absolute Gasteiger partial charge is 0.251 e. The van der Waals surface area contributed by atoms with Crippen LogP contribution in [-0.4, -0.2) is 22.6 Å². The first-order valence-corrected chi connectivity index (χ1v) is 7.07. The molecule has 0 saturated heterocycles. The number of nitrogens with one attached hydrogen (secondary N) is 1. The third kappa shape index (κ3) is 3.81. The molecule has 0 fully saturated rings. The van der Waals surface area contributed by atoms with Crippen molar-refractivity contribution in [1.82, 2.24) is 10.3 Å². The number of amides is 1. The van der Waals surface area contributed by atoms with Crippen molar-refractivity contribution in [1.29, 1.82) is 0 Å². The second-order valence-corrected chi connectivity index (χ2v) is 4.94. The van der Waals surface area contributed by atoms with Crippen LogP contribution in [0.1, 0.15) is 21.6 Å². The van der Waals surface area contributed by atoms with Gasteiger partial charge < -0.3 is 10.4 Å². The molecule has 4 nitrogen and oxygen atoms in total. The maximum atomic E-state index is 11.9. The first-order chi connectivity index (χ1) is 9.70. The van der Waals surface area contributed by atoms with E-state index in [1.165, 1.54) is 11.3 Å². The maximum absolute atomic E-state index is 11.9. The number of carbonyl (C=O) groups is 1. The van der Waals surface area contributed by atoms with E-state index in [4.69, 9.17) is 16.7 Å². The third-order valence-electron chi connectivity index (χ3n) is 2.45. The molecule has 0 aliphatic heterocycles. The molecule has 0 saturated carbocycles. The Kier molecular flexibility index (Phi) is 5.13. The molecule has 2 N–H and O–H groups in total. The Balaban J connectivity index is 2.05. The summed E-state index contributed by atoms with van der Waals surface area (Å²) in [5, 5.41) is 13.7. The number of aromatic nitrogens is 1. The van der Waals surface area contributed by atoms with E-state index in [-0.39, 0.29) is 12.5 Å². The molecule has 1 aromatic carbocycles. The van der Waals surface area contributed by atoms with E-state index in [0.717, 1.165) is 5.69 Å². The van der Waals surface area contributed by atoms with Crippen LogP contribution in [0.5, 0.6) is 0 Å². The van der Waals surface area contributed by atoms with E-state index in [1.807, 2.05) is 5.38 Å². The number of thiazole rings is 1. The molecule has 1 amide bonds. The summed E-state index contributed by atoms with van der Waals surface area (Å²) in [6, 6.07) is 4.85. The second kappa shape index (κ2) is 7.06. The van der Waals surface area contributed by atoms with Crippen LogP contribution in [0.15, 0.2) is 29.1 Å². The summed E-state index contributed by atoms with van der Waals surface area (Å²) in [6.07, 6.45) is 0. The highest BCUT2D eigenvalue weighted by Crippen LogP contribution is 2.17. The molecule has 0 atom stereocenters. The minimum absolute atomic E-state index is 0.221. The van der Waals surface area contributed by atoms with Gasteiger partial charge in [-0.3, -0.25) is 4.79 Å². The highest BCUT2D eigenvalue weighted by Gasteiger charge is 2.08. The third-order valence-corrected chi connectivity index (χ3v) is 3.39. The summed E-state index contributed by atoms with van der Waals surface area (Å²) < 4.78 is 0. The molecule has 1 heterocycles. The molecule has 1 aromatic heterocycles. The van der Waals surface area contributed by atoms with Crippen molar-refractivity contribution in [2.45, 2.75) is 6.54 Å². The zero-order chi connectivity index (χ0) is 14.4. The Morgan fingerprint density at radius 3 is 3.00 bits per heavy atom. The lowest BCUT2D eigenvalue weighted by molar-refractivity contribution is 0.0950. The molecule has 0 spiro atoms. The topological polar surface area (TPSA) is 62.2 Å². The summed E-state index contributed by atoms with van der Waals surface area (Å²) in [5.41, 5.74) is 3.57. The van der Waals surface area contributed by atoms with E-state index in [9.17, 15) is 4.79 Å². The van der Waals surface area contributed by atoms with Gasteiger partial charge in [-0.15, -0.1) is 11.3 Å². The van der Waals surface area contributed by atoms with E-state index in [1.54, 1.807) is 23.7 Å². The Morgan fingerprint density at radius 2 is 2.35 bits per heavy atom. The lowest BCUT2D eigenvalue weighted by Crippen LogP contribution is -2.22. The molecule has 2 rings (SSSR count). The van der Waals surface area contributed by atoms with Crippen molar-refractivity contribution in [3.63, 3.8) is 0 Å². The van der Waals surface area contributed by atoms with Crippen LogP contribution in [-0.2, 0) is 6.54 Å². The summed E-state index contributed by atoms with van der Waals surface area (Å²) in [7, 11) is 0. The zero-order valence-electron chi connectivity index (χ0n) is 10.4. The van der Waals surface area contributed by atoms with Crippen molar-refractivity contribution in [3.05, 3.63) is 50.9 Å². The highest BCUT2D eigenvalue weighted by molar-refractivity contribution is 7.07. The number of halogens is 1. The Hall–Kier alpha value is -1.87. The van der Waals surface area contributed by atoms with Gasteiger partial charge in [0.05, 0.1) is 22.8 Å². The maximum Gasteiger partial charge on any atom is 0.251 e. The summed E-state index contributed by atoms with van der Waals surface area (Å²) in [5.74, 6) is 5.00. The van der Waals surface area contributed by atoms with Gasteiger partial charge in [-0.1, -0.05) is 23.4 Å². The van der Waals surface area contributed by atoms with Gasteiger partial charge in [0.2, 0.25) is 0 Å². The second-order valence-electron chi connectivity index (χ2n) is 3.82. The molecule has 6 heteroatoms. The number of benzene rings is 1. The molecule has 0 bridgehead atoms. The Bertz CT molecular complexity index is 660. The average molecular weight is 307 g/mol. The van der Waals surface area contributed by atoms with Crippen LogP contribution in [0.2, 0.25) is 5.02 Å². The van der Waals surface area contributed by atoms with E-state index < -0.39 is 0 Å². The molecule has 102 valence electrons. The van der Waals surface area contributed by atoms with E-state index in [2.05, 4.69) is 22.1 Å². The Labute approximate surface area is 125 Å². The summed E-state index contributed by atoms with van der Waals surface area (Å²) >= 11 is 7.51. The number of aliphatic hydroxyl groups excluding tert-OH is 1. The van der Waals surface area contributed by atoms with Gasteiger partial charge in [-0.05, 0) is 18.2 Å². The van der Waals surface area contributed by atoms with Crippen molar-refractivity contribution >= 4 is 28.8 Å². The van der Waals surface area contributed by atoms with Crippen molar-refractivity contribution in [2.75, 3.05) is 6.61 Å². The van der Waals surface area contributed by atoms with Gasteiger partial charge in [0.15, 0.2) is 0 Å². The lowest BCUT2D eigenvalue weighted by Gasteiger charge is -2.04. The molecule has 0 aliphatic carbocycles. The van der Waals surface area contributed by atoms with E-state index >= 15 is 0 Å². The van der Waals surface area contributed by atoms with Crippen LogP contribution in [0.4, 0.5) is 0 Å². The van der Waals surface area contributed by atoms with Crippen LogP contribution >= 0.6 is 22.9 Å². The van der Waals surface area contributed by atoms with Crippen molar-refractivity contribution in [2.24, 2.45) is 0 Å². The molecule has 0 aliphatic rings. The number of hydrogen-bond donors (Lipinski definition) is 2. The SMILES string of the molecule is O=C(NCc1cscn1)c1ccc(C#CCO)c(Cl)c1. The Morgan fingerprint density at radius 1 is 1.50 bits per heavy atom. The molecular weight excluding hydrogens is 296 g/mol. The van der Waals surface area contributed by atoms with Crippen LogP contribution in [0, 0.1) is 11.8 Å². The normalized spacial score (nSPS) is 9.70. The lowest BCUT2D eigenvalue weighted by atomic mass is 10.1. The van der Waals surface area contributed by atoms with Gasteiger partial charge in [0.25, 0.3) is 5.91 Å². The van der Waals surface area contributed by atoms with Crippen molar-refractivity contribution in [3.8, 4) is 11.8 Å². The van der Waals surface area contributed by atoms with Gasteiger partial charge in [-0.25, -0.2) is 4.98 Å². The predicted octanol–water partition coefficient (Wildman–Crippen LogP) is 2.07. The number of rotatable bonds is 3. The fourth-order valence-electron chi connectivity index (χ4n) is 1.49. The van der Waals surface area contributed by atoms with Crippen LogP contribution in [0.3, 0.4) is 0 Å². The average Bonchev–Trinajstić information content (AvgIpc) is 2.96. The quantitative estimate of drug-likeness (QED) is 0.853. The number of aliphatic hydroxyl groups is 1. The van der Waals surface area contributed by atoms with Gasteiger partial charge in [0, 0.05) is 16.5 Å². The standard InChI is InChI=1S/C14H11ClN2O2S/c15-13-6-11(4-3-10(13)2-1-5-18)14(19)16-7-12-8-20-9-17-12/h3-4,6,8-9,18H,5,7H2,(H,16,19). The van der Waals surface area contributed by atoms with Crippen LogP contribution < -0.4 is 5.32 Å². The molecule has 0 unspecified atom stereocenters. The number of carbonyl (C=O) groups excluding carboxylic acids is 1. The largest absolute Gasteiger partial charge is 0.384 e. The molecule has 0 radical (unpaired) electrons. The first-order valence-electron chi connectivity index (χ1n) is 5.75. The minimum Gasteiger partial charge on any atom is -0.384 e. The highest BCUT2D eigenvalue weighted by atomic mass is 35.5.